The van der Waals surface area contributed by atoms with Crippen molar-refractivity contribution in [2.75, 3.05) is 37.7 Å². The third-order valence-corrected chi connectivity index (χ3v) is 7.91. The van der Waals surface area contributed by atoms with Crippen LogP contribution >= 0.6 is 11.8 Å². The molecule has 5 rings (SSSR count). The summed E-state index contributed by atoms with van der Waals surface area (Å²) >= 11 is 0.331. The molecule has 1 N–H and O–H groups in total. The summed E-state index contributed by atoms with van der Waals surface area (Å²) in [6, 6.07) is 17.0. The van der Waals surface area contributed by atoms with E-state index < -0.39 is 17.1 Å². The number of nitrogens with one attached hydrogen (secondary N) is 1. The molecule has 0 bridgehead atoms. The number of alkyl halides is 3. The number of hydrogen-bond donors (Lipinski definition) is 1. The molecule has 13 heteroatoms. The van der Waals surface area contributed by atoms with Crippen molar-refractivity contribution in [2.45, 2.75) is 11.0 Å². The SMILES string of the molecule is C=CCN1C(=O)N[C@@](c2ccccc2)(C(F)(F)F)S/C1=C(/C#N)c1nnc(N2CCOCC2)n1-c1ccccc1. The maximum absolute atomic E-state index is 14.9. The van der Waals surface area contributed by atoms with Crippen molar-refractivity contribution in [3.63, 3.8) is 0 Å². The van der Waals surface area contributed by atoms with Crippen LogP contribution in [-0.4, -0.2) is 64.7 Å². The van der Waals surface area contributed by atoms with Gasteiger partial charge in [-0.2, -0.15) is 18.4 Å². The van der Waals surface area contributed by atoms with E-state index in [2.05, 4.69) is 22.1 Å². The van der Waals surface area contributed by atoms with Crippen LogP contribution in [0.4, 0.5) is 23.9 Å². The lowest BCUT2D eigenvalue weighted by atomic mass is 10.1. The van der Waals surface area contributed by atoms with Crippen LogP contribution in [0.3, 0.4) is 0 Å². The van der Waals surface area contributed by atoms with Crippen LogP contribution < -0.4 is 10.2 Å². The highest BCUT2D eigenvalue weighted by atomic mass is 32.2. The zero-order valence-corrected chi connectivity index (χ0v) is 22.0. The van der Waals surface area contributed by atoms with E-state index in [1.54, 1.807) is 34.9 Å². The van der Waals surface area contributed by atoms with Crippen molar-refractivity contribution in [3.8, 4) is 11.8 Å². The summed E-state index contributed by atoms with van der Waals surface area (Å²) in [7, 11) is 0. The van der Waals surface area contributed by atoms with Gasteiger partial charge in [-0.15, -0.1) is 16.8 Å². The molecule has 0 unspecified atom stereocenters. The number of amides is 2. The normalized spacial score (nSPS) is 21.0. The molecule has 40 heavy (non-hydrogen) atoms. The van der Waals surface area contributed by atoms with Crippen LogP contribution in [0.5, 0.6) is 0 Å². The van der Waals surface area contributed by atoms with Crippen LogP contribution in [0.1, 0.15) is 11.4 Å². The van der Waals surface area contributed by atoms with Crippen molar-refractivity contribution in [1.29, 1.82) is 5.26 Å². The molecule has 1 atom stereocenters. The molecule has 2 saturated heterocycles. The minimum atomic E-state index is -4.92. The van der Waals surface area contributed by atoms with Gasteiger partial charge in [0.05, 0.1) is 18.9 Å². The molecular weight excluding hydrogens is 543 g/mol. The number of allylic oxidation sites excluding steroid dienone is 1. The molecule has 0 saturated carbocycles. The fraction of sp³-hybridized carbons (Fsp3) is 0.259. The lowest BCUT2D eigenvalue weighted by Crippen LogP contribution is -2.60. The van der Waals surface area contributed by atoms with Gasteiger partial charge < -0.3 is 15.0 Å². The smallest absolute Gasteiger partial charge is 0.378 e. The summed E-state index contributed by atoms with van der Waals surface area (Å²) in [5.74, 6) is 0.411. The monoisotopic (exact) mass is 567 g/mol. The molecule has 2 fully saturated rings. The number of urea groups is 1. The number of anilines is 1. The number of morpholine rings is 1. The zero-order valence-electron chi connectivity index (χ0n) is 21.1. The Kier molecular flexibility index (Phi) is 7.55. The van der Waals surface area contributed by atoms with Crippen LogP contribution in [0, 0.1) is 11.3 Å². The van der Waals surface area contributed by atoms with E-state index in [1.807, 2.05) is 17.0 Å². The van der Waals surface area contributed by atoms with Crippen LogP contribution in [0.15, 0.2) is 78.3 Å². The first-order valence-electron chi connectivity index (χ1n) is 12.3. The van der Waals surface area contributed by atoms with Gasteiger partial charge >= 0.3 is 12.2 Å². The third kappa shape index (κ3) is 4.80. The van der Waals surface area contributed by atoms with Crippen LogP contribution in [0.2, 0.25) is 0 Å². The Morgan fingerprint density at radius 1 is 1.12 bits per heavy atom. The number of rotatable bonds is 6. The molecule has 0 spiro atoms. The number of nitriles is 1. The van der Waals surface area contributed by atoms with Crippen molar-refractivity contribution in [1.82, 2.24) is 25.0 Å². The number of aromatic nitrogens is 3. The maximum atomic E-state index is 14.9. The molecule has 206 valence electrons. The highest BCUT2D eigenvalue weighted by Gasteiger charge is 2.62. The summed E-state index contributed by atoms with van der Waals surface area (Å²) in [5, 5.41) is 21.0. The van der Waals surface area contributed by atoms with Gasteiger partial charge in [0.1, 0.15) is 16.7 Å². The fourth-order valence-corrected chi connectivity index (χ4v) is 5.83. The Balaban J connectivity index is 1.76. The second-order valence-corrected chi connectivity index (χ2v) is 10.1. The molecule has 2 aliphatic heterocycles. The second-order valence-electron chi connectivity index (χ2n) is 8.86. The van der Waals surface area contributed by atoms with E-state index in [1.165, 1.54) is 30.3 Å². The third-order valence-electron chi connectivity index (χ3n) is 6.42. The standard InChI is InChI=1S/C27H24F3N7O2S/c1-2-13-36-23(40-26(27(28,29)30,32-25(36)38)19-9-5-3-6-10-19)21(18-31)22-33-34-24(35-14-16-39-17-15-35)37(22)20-11-7-4-8-12-20/h2-12H,1,13-17H2,(H,32,38)/b23-21-/t26-/m1/s1. The zero-order chi connectivity index (χ0) is 28.3. The average Bonchev–Trinajstić information content (AvgIpc) is 3.40. The number of carbonyl (C=O) groups is 1. The number of ether oxygens (including phenoxy) is 1. The highest BCUT2D eigenvalue weighted by molar-refractivity contribution is 8.04. The maximum Gasteiger partial charge on any atom is 0.425 e. The lowest BCUT2D eigenvalue weighted by molar-refractivity contribution is -0.168. The molecule has 3 aromatic rings. The van der Waals surface area contributed by atoms with Gasteiger partial charge in [-0.3, -0.25) is 9.47 Å². The Hall–Kier alpha value is -4.28. The topological polar surface area (TPSA) is 99.3 Å². The van der Waals surface area contributed by atoms with E-state index in [0.29, 0.717) is 49.7 Å². The summed E-state index contributed by atoms with van der Waals surface area (Å²) in [6.07, 6.45) is -3.55. The summed E-state index contributed by atoms with van der Waals surface area (Å²) in [6.45, 7) is 5.43. The number of benzene rings is 2. The van der Waals surface area contributed by atoms with Gasteiger partial charge in [-0.05, 0) is 17.7 Å². The first-order chi connectivity index (χ1) is 19.3. The fourth-order valence-electron chi connectivity index (χ4n) is 4.53. The number of thioether (sulfide) groups is 1. The van der Waals surface area contributed by atoms with Crippen molar-refractivity contribution >= 4 is 29.3 Å². The van der Waals surface area contributed by atoms with Crippen LogP contribution in [0.25, 0.3) is 11.3 Å². The number of hydrogen-bond acceptors (Lipinski definition) is 7. The first-order valence-corrected chi connectivity index (χ1v) is 13.1. The van der Waals surface area contributed by atoms with Crippen molar-refractivity contribution in [3.05, 3.63) is 89.7 Å². The first kappa shape index (κ1) is 27.3. The van der Waals surface area contributed by atoms with E-state index in [9.17, 15) is 23.2 Å². The predicted octanol–water partition coefficient (Wildman–Crippen LogP) is 4.66. The summed E-state index contributed by atoms with van der Waals surface area (Å²) < 4.78 is 51.7. The van der Waals surface area contributed by atoms with E-state index in [4.69, 9.17) is 4.74 Å². The highest BCUT2D eigenvalue weighted by Crippen LogP contribution is 2.54. The average molecular weight is 568 g/mol. The van der Waals surface area contributed by atoms with Gasteiger partial charge in [-0.25, -0.2) is 4.79 Å². The van der Waals surface area contributed by atoms with Crippen molar-refractivity contribution < 1.29 is 22.7 Å². The Morgan fingerprint density at radius 2 is 1.77 bits per heavy atom. The van der Waals surface area contributed by atoms with Gasteiger partial charge in [0.15, 0.2) is 5.82 Å². The quantitative estimate of drug-likeness (QED) is 0.342. The van der Waals surface area contributed by atoms with Gasteiger partial charge in [0, 0.05) is 19.6 Å². The largest absolute Gasteiger partial charge is 0.425 e. The molecule has 3 heterocycles. The number of halogens is 3. The van der Waals surface area contributed by atoms with Crippen molar-refractivity contribution in [2.24, 2.45) is 0 Å². The molecular formula is C27H24F3N7O2S. The minimum absolute atomic E-state index is 0.00518. The number of para-hydroxylation sites is 1. The Labute approximate surface area is 232 Å². The summed E-state index contributed by atoms with van der Waals surface area (Å²) in [4.78, 5) is 13.5. The molecule has 0 aliphatic carbocycles. The lowest BCUT2D eigenvalue weighted by Gasteiger charge is -2.44. The van der Waals surface area contributed by atoms with Gasteiger partial charge in [-0.1, -0.05) is 66.4 Å². The minimum Gasteiger partial charge on any atom is -0.378 e. The predicted molar refractivity (Wildman–Crippen MR) is 144 cm³/mol. The van der Waals surface area contributed by atoms with Gasteiger partial charge in [0.2, 0.25) is 10.8 Å². The molecule has 2 aliphatic rings. The molecule has 1 aromatic heterocycles. The van der Waals surface area contributed by atoms with E-state index in [0.717, 1.165) is 4.90 Å². The Bertz CT molecular complexity index is 1460. The second kappa shape index (κ2) is 11.1. The summed E-state index contributed by atoms with van der Waals surface area (Å²) in [5.41, 5.74) is 0.178. The van der Waals surface area contributed by atoms with Gasteiger partial charge in [0.25, 0.3) is 0 Å². The number of carbonyl (C=O) groups excluding carboxylic acids is 1. The number of nitrogens with zero attached hydrogens (tertiary/aromatic N) is 6. The van der Waals surface area contributed by atoms with E-state index in [-0.39, 0.29) is 28.5 Å². The molecule has 2 amide bonds. The Morgan fingerprint density at radius 3 is 2.38 bits per heavy atom. The molecule has 2 aromatic carbocycles. The van der Waals surface area contributed by atoms with E-state index >= 15 is 0 Å². The molecule has 9 nitrogen and oxygen atoms in total. The van der Waals surface area contributed by atoms with Crippen LogP contribution in [-0.2, 0) is 9.61 Å². The molecule has 0 radical (unpaired) electrons.